The van der Waals surface area contributed by atoms with E-state index in [9.17, 15) is 14.0 Å². The fraction of sp³-hybridized carbons (Fsp3) is 0.300. The Kier molecular flexibility index (Phi) is 6.89. The molecule has 0 radical (unpaired) electrons. The van der Waals surface area contributed by atoms with Crippen LogP contribution in [0, 0.1) is 5.82 Å². The summed E-state index contributed by atoms with van der Waals surface area (Å²) in [6.45, 7) is 1.32. The number of nitrogens with one attached hydrogen (secondary N) is 1. The molecule has 4 nitrogen and oxygen atoms in total. The Hall–Kier alpha value is -2.24. The van der Waals surface area contributed by atoms with E-state index in [0.717, 1.165) is 12.8 Å². The number of carbonyl (C=O) groups excluding carboxylic acids is 2. The zero-order chi connectivity index (χ0) is 17.8. The monoisotopic (exact) mass is 376 g/mol. The Labute approximate surface area is 158 Å². The van der Waals surface area contributed by atoms with Crippen molar-refractivity contribution in [2.75, 3.05) is 20.1 Å². The minimum absolute atomic E-state index is 0. The predicted molar refractivity (Wildman–Crippen MR) is 102 cm³/mol. The van der Waals surface area contributed by atoms with Gasteiger partial charge >= 0.3 is 0 Å². The quantitative estimate of drug-likeness (QED) is 0.833. The molecule has 0 bridgehead atoms. The number of nitrogens with zero attached hydrogens (tertiary/aromatic N) is 1. The van der Waals surface area contributed by atoms with Crippen LogP contribution >= 0.6 is 12.4 Å². The summed E-state index contributed by atoms with van der Waals surface area (Å²) in [7, 11) is 1.89. The highest BCUT2D eigenvalue weighted by atomic mass is 35.5. The summed E-state index contributed by atoms with van der Waals surface area (Å²) in [6, 6.07) is 12.5. The maximum atomic E-state index is 13.1. The summed E-state index contributed by atoms with van der Waals surface area (Å²) in [5, 5.41) is 3.21. The van der Waals surface area contributed by atoms with Crippen molar-refractivity contribution in [1.29, 1.82) is 0 Å². The minimum Gasteiger partial charge on any atom is -0.337 e. The van der Waals surface area contributed by atoms with Gasteiger partial charge < -0.3 is 10.2 Å². The summed E-state index contributed by atoms with van der Waals surface area (Å²) in [5.41, 5.74) is 1.12. The van der Waals surface area contributed by atoms with E-state index in [2.05, 4.69) is 5.32 Å². The average Bonchev–Trinajstić information content (AvgIpc) is 2.67. The van der Waals surface area contributed by atoms with Crippen molar-refractivity contribution >= 4 is 24.1 Å². The molecule has 2 aromatic rings. The molecule has 0 aliphatic carbocycles. The third-order valence-electron chi connectivity index (χ3n) is 4.63. The second-order valence-electron chi connectivity index (χ2n) is 6.26. The number of benzene rings is 2. The van der Waals surface area contributed by atoms with Crippen molar-refractivity contribution in [1.82, 2.24) is 10.2 Å². The fourth-order valence-electron chi connectivity index (χ4n) is 3.19. The molecule has 0 spiro atoms. The van der Waals surface area contributed by atoms with Gasteiger partial charge in [0.25, 0.3) is 5.91 Å². The van der Waals surface area contributed by atoms with E-state index in [4.69, 9.17) is 0 Å². The van der Waals surface area contributed by atoms with Crippen LogP contribution in [0.15, 0.2) is 48.5 Å². The van der Waals surface area contributed by atoms with Gasteiger partial charge in [0.15, 0.2) is 5.78 Å². The molecule has 0 aromatic heterocycles. The maximum absolute atomic E-state index is 13.1. The van der Waals surface area contributed by atoms with E-state index in [-0.39, 0.29) is 30.1 Å². The van der Waals surface area contributed by atoms with Gasteiger partial charge in [-0.05, 0) is 50.2 Å². The normalized spacial score (nSPS) is 16.7. The number of likely N-dealkylation sites (tertiary alicyclic amines) is 1. The van der Waals surface area contributed by atoms with Gasteiger partial charge in [-0.2, -0.15) is 0 Å². The van der Waals surface area contributed by atoms with Crippen LogP contribution in [0.1, 0.15) is 39.1 Å². The predicted octanol–water partition coefficient (Wildman–Crippen LogP) is 3.30. The van der Waals surface area contributed by atoms with Gasteiger partial charge in [0.1, 0.15) is 5.82 Å². The van der Waals surface area contributed by atoms with E-state index in [1.807, 2.05) is 7.05 Å². The molecule has 1 aliphatic rings. The number of rotatable bonds is 4. The summed E-state index contributed by atoms with van der Waals surface area (Å²) >= 11 is 0. The lowest BCUT2D eigenvalue weighted by Gasteiger charge is -2.33. The van der Waals surface area contributed by atoms with Crippen molar-refractivity contribution in [3.05, 3.63) is 71.0 Å². The number of halogens is 2. The number of carbonyl (C=O) groups is 2. The molecule has 1 aliphatic heterocycles. The largest absolute Gasteiger partial charge is 0.337 e. The first kappa shape index (κ1) is 20.1. The van der Waals surface area contributed by atoms with Crippen molar-refractivity contribution in [3.8, 4) is 0 Å². The lowest BCUT2D eigenvalue weighted by molar-refractivity contribution is 0.0694. The van der Waals surface area contributed by atoms with Gasteiger partial charge in [0.05, 0.1) is 5.56 Å². The molecule has 0 saturated carbocycles. The molecule has 3 rings (SSSR count). The van der Waals surface area contributed by atoms with Crippen molar-refractivity contribution in [3.63, 3.8) is 0 Å². The molecule has 1 unspecified atom stereocenters. The maximum Gasteiger partial charge on any atom is 0.254 e. The SMILES string of the molecule is CNC1CCCN(C(=O)c2ccccc2C(=O)c2ccc(F)cc2)C1.Cl. The van der Waals surface area contributed by atoms with Crippen LogP contribution in [0.3, 0.4) is 0 Å². The Morgan fingerprint density at radius 3 is 2.38 bits per heavy atom. The number of likely N-dealkylation sites (N-methyl/N-ethyl adjacent to an activating group) is 1. The first-order valence-corrected chi connectivity index (χ1v) is 8.46. The van der Waals surface area contributed by atoms with E-state index in [0.29, 0.717) is 29.8 Å². The van der Waals surface area contributed by atoms with E-state index in [1.165, 1.54) is 24.3 Å². The summed E-state index contributed by atoms with van der Waals surface area (Å²) in [5.74, 6) is -0.801. The van der Waals surface area contributed by atoms with Crippen molar-refractivity contribution in [2.45, 2.75) is 18.9 Å². The van der Waals surface area contributed by atoms with Crippen LogP contribution in [0.25, 0.3) is 0 Å². The Balaban J connectivity index is 0.00000243. The van der Waals surface area contributed by atoms with Gasteiger partial charge in [0, 0.05) is 30.3 Å². The highest BCUT2D eigenvalue weighted by Gasteiger charge is 2.26. The summed E-state index contributed by atoms with van der Waals surface area (Å²) < 4.78 is 13.1. The second-order valence-corrected chi connectivity index (χ2v) is 6.26. The zero-order valence-corrected chi connectivity index (χ0v) is 15.4. The van der Waals surface area contributed by atoms with Crippen LogP contribution in [-0.2, 0) is 0 Å². The molecule has 26 heavy (non-hydrogen) atoms. The first-order chi connectivity index (χ1) is 12.1. The summed E-state index contributed by atoms with van der Waals surface area (Å²) in [6.07, 6.45) is 1.97. The van der Waals surface area contributed by atoms with Gasteiger partial charge in [-0.15, -0.1) is 12.4 Å². The Morgan fingerprint density at radius 1 is 1.08 bits per heavy atom. The van der Waals surface area contributed by atoms with Crippen LogP contribution in [0.2, 0.25) is 0 Å². The topological polar surface area (TPSA) is 49.4 Å². The molecule has 1 heterocycles. The molecule has 1 fully saturated rings. The van der Waals surface area contributed by atoms with Gasteiger partial charge in [0.2, 0.25) is 0 Å². The van der Waals surface area contributed by atoms with Crippen molar-refractivity contribution < 1.29 is 14.0 Å². The number of hydrogen-bond acceptors (Lipinski definition) is 3. The lowest BCUT2D eigenvalue weighted by atomic mass is 9.96. The van der Waals surface area contributed by atoms with Crippen LogP contribution in [-0.4, -0.2) is 42.8 Å². The zero-order valence-electron chi connectivity index (χ0n) is 14.6. The average molecular weight is 377 g/mol. The summed E-state index contributed by atoms with van der Waals surface area (Å²) in [4.78, 5) is 27.5. The van der Waals surface area contributed by atoms with Gasteiger partial charge in [-0.25, -0.2) is 4.39 Å². The van der Waals surface area contributed by atoms with E-state index in [1.54, 1.807) is 29.2 Å². The Bertz CT molecular complexity index is 780. The fourth-order valence-corrected chi connectivity index (χ4v) is 3.19. The molecule has 1 atom stereocenters. The molecule has 2 aromatic carbocycles. The molecular formula is C20H22ClFN2O2. The number of amides is 1. The van der Waals surface area contributed by atoms with E-state index >= 15 is 0 Å². The highest BCUT2D eigenvalue weighted by molar-refractivity contribution is 6.15. The smallest absolute Gasteiger partial charge is 0.254 e. The van der Waals surface area contributed by atoms with Crippen LogP contribution in [0.5, 0.6) is 0 Å². The lowest BCUT2D eigenvalue weighted by Crippen LogP contribution is -2.47. The number of ketones is 1. The molecule has 1 saturated heterocycles. The third-order valence-corrected chi connectivity index (χ3v) is 4.63. The third kappa shape index (κ3) is 4.29. The number of piperidine rings is 1. The Morgan fingerprint density at radius 2 is 1.73 bits per heavy atom. The second kappa shape index (κ2) is 8.92. The molecule has 138 valence electrons. The van der Waals surface area contributed by atoms with Crippen LogP contribution < -0.4 is 5.32 Å². The van der Waals surface area contributed by atoms with E-state index < -0.39 is 5.82 Å². The first-order valence-electron chi connectivity index (χ1n) is 8.46. The molecular weight excluding hydrogens is 355 g/mol. The highest BCUT2D eigenvalue weighted by Crippen LogP contribution is 2.19. The van der Waals surface area contributed by atoms with Crippen molar-refractivity contribution in [2.24, 2.45) is 0 Å². The molecule has 1 amide bonds. The molecule has 1 N–H and O–H groups in total. The standard InChI is InChI=1S/C20H21FN2O2.ClH/c1-22-16-5-4-12-23(13-16)20(25)18-7-3-2-6-17(18)19(24)14-8-10-15(21)11-9-14;/h2-3,6-11,16,22H,4-5,12-13H2,1H3;1H. The number of hydrogen-bond donors (Lipinski definition) is 1. The minimum atomic E-state index is -0.396. The van der Waals surface area contributed by atoms with Crippen LogP contribution in [0.4, 0.5) is 4.39 Å². The van der Waals surface area contributed by atoms with Gasteiger partial charge in [-0.1, -0.05) is 18.2 Å². The molecule has 6 heteroatoms. The van der Waals surface area contributed by atoms with Gasteiger partial charge in [-0.3, -0.25) is 9.59 Å².